The highest BCUT2D eigenvalue weighted by Gasteiger charge is 2.18. The maximum Gasteiger partial charge on any atom is 0.315 e. The molecule has 0 radical (unpaired) electrons. The third kappa shape index (κ3) is 4.64. The lowest BCUT2D eigenvalue weighted by Gasteiger charge is -2.15. The van der Waals surface area contributed by atoms with Crippen molar-refractivity contribution in [3.63, 3.8) is 0 Å². The molecule has 1 aliphatic heterocycles. The van der Waals surface area contributed by atoms with Crippen LogP contribution < -0.4 is 10.6 Å². The monoisotopic (exact) mass is 216 g/mol. The zero-order valence-electron chi connectivity index (χ0n) is 8.66. The van der Waals surface area contributed by atoms with Gasteiger partial charge in [-0.25, -0.2) is 4.79 Å². The van der Waals surface area contributed by atoms with Crippen LogP contribution in [-0.2, 0) is 9.53 Å². The second-order valence-corrected chi connectivity index (χ2v) is 3.68. The van der Waals surface area contributed by atoms with E-state index in [2.05, 4.69) is 10.6 Å². The Morgan fingerprint density at radius 2 is 2.33 bits per heavy atom. The molecule has 1 fully saturated rings. The SMILES string of the molecule is CC(CC(=O)O)NC(=O)NC1CCOC1. The Balaban J connectivity index is 2.19. The van der Waals surface area contributed by atoms with Gasteiger partial charge >= 0.3 is 12.0 Å². The quantitative estimate of drug-likeness (QED) is 0.614. The molecule has 86 valence electrons. The van der Waals surface area contributed by atoms with Gasteiger partial charge in [0.15, 0.2) is 0 Å². The van der Waals surface area contributed by atoms with Gasteiger partial charge in [0.05, 0.1) is 19.1 Å². The van der Waals surface area contributed by atoms with E-state index in [1.165, 1.54) is 0 Å². The van der Waals surface area contributed by atoms with Crippen molar-refractivity contribution in [3.8, 4) is 0 Å². The predicted octanol–water partition coefficient (Wildman–Crippen LogP) is -0.0623. The number of urea groups is 1. The van der Waals surface area contributed by atoms with Gasteiger partial charge in [-0.15, -0.1) is 0 Å². The van der Waals surface area contributed by atoms with Crippen molar-refractivity contribution in [2.24, 2.45) is 0 Å². The molecule has 0 saturated carbocycles. The first-order chi connectivity index (χ1) is 7.08. The van der Waals surface area contributed by atoms with Crippen LogP contribution in [0.15, 0.2) is 0 Å². The minimum atomic E-state index is -0.924. The third-order valence-corrected chi connectivity index (χ3v) is 2.12. The van der Waals surface area contributed by atoms with Gasteiger partial charge in [-0.05, 0) is 13.3 Å². The Morgan fingerprint density at radius 1 is 1.60 bits per heavy atom. The van der Waals surface area contributed by atoms with E-state index in [9.17, 15) is 9.59 Å². The highest BCUT2D eigenvalue weighted by molar-refractivity contribution is 5.75. The number of hydrogen-bond acceptors (Lipinski definition) is 3. The standard InChI is InChI=1S/C9H16N2O4/c1-6(4-8(12)13)10-9(14)11-7-2-3-15-5-7/h6-7H,2-5H2,1H3,(H,12,13)(H2,10,11,14). The van der Waals surface area contributed by atoms with E-state index in [-0.39, 0.29) is 24.5 Å². The number of aliphatic carboxylic acids is 1. The van der Waals surface area contributed by atoms with Gasteiger partial charge in [-0.1, -0.05) is 0 Å². The molecule has 6 nitrogen and oxygen atoms in total. The van der Waals surface area contributed by atoms with Gasteiger partial charge in [0.1, 0.15) is 0 Å². The molecule has 2 atom stereocenters. The van der Waals surface area contributed by atoms with Crippen LogP contribution in [0.3, 0.4) is 0 Å². The molecular weight excluding hydrogens is 200 g/mol. The number of carbonyl (C=O) groups excluding carboxylic acids is 1. The van der Waals surface area contributed by atoms with E-state index in [0.29, 0.717) is 13.2 Å². The topological polar surface area (TPSA) is 87.7 Å². The Hall–Kier alpha value is -1.30. The maximum absolute atomic E-state index is 11.3. The van der Waals surface area contributed by atoms with Gasteiger partial charge in [-0.2, -0.15) is 0 Å². The first-order valence-corrected chi connectivity index (χ1v) is 4.94. The van der Waals surface area contributed by atoms with Crippen molar-refractivity contribution >= 4 is 12.0 Å². The van der Waals surface area contributed by atoms with Crippen molar-refractivity contribution in [1.82, 2.24) is 10.6 Å². The number of amides is 2. The molecule has 0 aromatic heterocycles. The van der Waals surface area contributed by atoms with Gasteiger partial charge < -0.3 is 20.5 Å². The number of carboxylic acids is 1. The molecule has 1 rings (SSSR count). The van der Waals surface area contributed by atoms with Crippen LogP contribution in [0.4, 0.5) is 4.79 Å². The Kier molecular flexibility index (Phi) is 4.36. The molecule has 6 heteroatoms. The van der Waals surface area contributed by atoms with E-state index in [0.717, 1.165) is 6.42 Å². The van der Waals surface area contributed by atoms with Crippen LogP contribution in [0, 0.1) is 0 Å². The number of rotatable bonds is 4. The predicted molar refractivity (Wildman–Crippen MR) is 52.6 cm³/mol. The van der Waals surface area contributed by atoms with E-state index >= 15 is 0 Å². The van der Waals surface area contributed by atoms with E-state index in [4.69, 9.17) is 9.84 Å². The van der Waals surface area contributed by atoms with E-state index in [1.807, 2.05) is 0 Å². The lowest BCUT2D eigenvalue weighted by Crippen LogP contribution is -2.46. The summed E-state index contributed by atoms with van der Waals surface area (Å²) in [5.41, 5.74) is 0. The molecule has 1 heterocycles. The summed E-state index contributed by atoms with van der Waals surface area (Å²) in [4.78, 5) is 21.7. The first-order valence-electron chi connectivity index (χ1n) is 4.94. The second kappa shape index (κ2) is 5.55. The maximum atomic E-state index is 11.3. The molecule has 2 unspecified atom stereocenters. The Labute approximate surface area is 88.0 Å². The number of ether oxygens (including phenoxy) is 1. The number of hydrogen-bond donors (Lipinski definition) is 3. The first kappa shape index (κ1) is 11.8. The molecule has 1 saturated heterocycles. The summed E-state index contributed by atoms with van der Waals surface area (Å²) in [6, 6.07) is -0.661. The highest BCUT2D eigenvalue weighted by atomic mass is 16.5. The van der Waals surface area contributed by atoms with Crippen LogP contribution in [0.2, 0.25) is 0 Å². The fourth-order valence-electron chi connectivity index (χ4n) is 1.41. The summed E-state index contributed by atoms with van der Waals surface area (Å²) in [7, 11) is 0. The average molecular weight is 216 g/mol. The Morgan fingerprint density at radius 3 is 2.87 bits per heavy atom. The molecule has 2 amide bonds. The number of carbonyl (C=O) groups is 2. The van der Waals surface area contributed by atoms with E-state index in [1.54, 1.807) is 6.92 Å². The van der Waals surface area contributed by atoms with Crippen LogP contribution in [0.5, 0.6) is 0 Å². The third-order valence-electron chi connectivity index (χ3n) is 2.12. The lowest BCUT2D eigenvalue weighted by molar-refractivity contribution is -0.137. The zero-order valence-corrected chi connectivity index (χ0v) is 8.66. The minimum Gasteiger partial charge on any atom is -0.481 e. The van der Waals surface area contributed by atoms with Gasteiger partial charge in [-0.3, -0.25) is 4.79 Å². The van der Waals surface area contributed by atoms with Crippen molar-refractivity contribution < 1.29 is 19.4 Å². The summed E-state index contributed by atoms with van der Waals surface area (Å²) in [6.07, 6.45) is 0.731. The van der Waals surface area contributed by atoms with Crippen LogP contribution in [-0.4, -0.2) is 42.4 Å². The molecule has 15 heavy (non-hydrogen) atoms. The molecule has 0 aromatic rings. The zero-order chi connectivity index (χ0) is 11.3. The normalized spacial score (nSPS) is 22.1. The highest BCUT2D eigenvalue weighted by Crippen LogP contribution is 2.02. The minimum absolute atomic E-state index is 0.0435. The molecule has 3 N–H and O–H groups in total. The van der Waals surface area contributed by atoms with Crippen molar-refractivity contribution in [3.05, 3.63) is 0 Å². The lowest BCUT2D eigenvalue weighted by atomic mass is 10.2. The summed E-state index contributed by atoms with van der Waals surface area (Å²) in [5.74, 6) is -0.924. The molecular formula is C9H16N2O4. The van der Waals surface area contributed by atoms with Gasteiger partial charge in [0.25, 0.3) is 0 Å². The van der Waals surface area contributed by atoms with Crippen LogP contribution >= 0.6 is 0 Å². The number of nitrogens with one attached hydrogen (secondary N) is 2. The van der Waals surface area contributed by atoms with Crippen LogP contribution in [0.25, 0.3) is 0 Å². The van der Waals surface area contributed by atoms with E-state index < -0.39 is 5.97 Å². The average Bonchev–Trinajstić information content (AvgIpc) is 2.53. The summed E-state index contributed by atoms with van der Waals surface area (Å²) >= 11 is 0. The number of carboxylic acid groups (broad SMARTS) is 1. The molecule has 1 aliphatic rings. The van der Waals surface area contributed by atoms with Crippen LogP contribution in [0.1, 0.15) is 19.8 Å². The largest absolute Gasteiger partial charge is 0.481 e. The second-order valence-electron chi connectivity index (χ2n) is 3.68. The van der Waals surface area contributed by atoms with Crippen molar-refractivity contribution in [1.29, 1.82) is 0 Å². The van der Waals surface area contributed by atoms with Crippen molar-refractivity contribution in [2.75, 3.05) is 13.2 Å². The van der Waals surface area contributed by atoms with Crippen molar-refractivity contribution in [2.45, 2.75) is 31.8 Å². The molecule has 0 aliphatic carbocycles. The molecule has 0 aromatic carbocycles. The smallest absolute Gasteiger partial charge is 0.315 e. The van der Waals surface area contributed by atoms with Gasteiger partial charge in [0.2, 0.25) is 0 Å². The fraction of sp³-hybridized carbons (Fsp3) is 0.778. The summed E-state index contributed by atoms with van der Waals surface area (Å²) in [5, 5.41) is 13.8. The molecule has 0 spiro atoms. The Bertz CT molecular complexity index is 238. The van der Waals surface area contributed by atoms with Gasteiger partial charge in [0, 0.05) is 12.6 Å². The summed E-state index contributed by atoms with van der Waals surface area (Å²) in [6.45, 7) is 2.84. The fourth-order valence-corrected chi connectivity index (χ4v) is 1.41. The molecule has 0 bridgehead atoms. The summed E-state index contributed by atoms with van der Waals surface area (Å²) < 4.78 is 5.09.